The van der Waals surface area contributed by atoms with Gasteiger partial charge in [0.2, 0.25) is 0 Å². The lowest BCUT2D eigenvalue weighted by Gasteiger charge is -2.20. The number of ether oxygens (including phenoxy) is 1. The summed E-state index contributed by atoms with van der Waals surface area (Å²) in [4.78, 5) is 28.2. The predicted molar refractivity (Wildman–Crippen MR) is 84.9 cm³/mol. The second-order valence-electron chi connectivity index (χ2n) is 5.24. The Bertz CT molecular complexity index is 733. The number of benzene rings is 2. The molecule has 1 aliphatic heterocycles. The standard InChI is InChI=1S/C17H16N2O3/c1-18(2)11-8-9-14(15(10-11)22-3)19-16(20)12-6-4-5-7-13(12)17(19)21/h4-10H,1-3H3. The minimum absolute atomic E-state index is 0.323. The maximum Gasteiger partial charge on any atom is 0.266 e. The van der Waals surface area contributed by atoms with Crippen molar-refractivity contribution in [3.05, 3.63) is 53.6 Å². The van der Waals surface area contributed by atoms with E-state index in [9.17, 15) is 9.59 Å². The topological polar surface area (TPSA) is 49.9 Å². The highest BCUT2D eigenvalue weighted by molar-refractivity contribution is 6.34. The van der Waals surface area contributed by atoms with Crippen molar-refractivity contribution < 1.29 is 14.3 Å². The highest BCUT2D eigenvalue weighted by Gasteiger charge is 2.37. The van der Waals surface area contributed by atoms with E-state index in [1.807, 2.05) is 25.1 Å². The van der Waals surface area contributed by atoms with E-state index in [4.69, 9.17) is 4.74 Å². The van der Waals surface area contributed by atoms with Crippen molar-refractivity contribution >= 4 is 23.2 Å². The van der Waals surface area contributed by atoms with E-state index in [-0.39, 0.29) is 11.8 Å². The van der Waals surface area contributed by atoms with Crippen LogP contribution >= 0.6 is 0 Å². The number of carbonyl (C=O) groups is 2. The van der Waals surface area contributed by atoms with E-state index >= 15 is 0 Å². The molecule has 0 radical (unpaired) electrons. The van der Waals surface area contributed by atoms with Gasteiger partial charge < -0.3 is 9.64 Å². The molecule has 0 saturated heterocycles. The number of hydrogen-bond donors (Lipinski definition) is 0. The maximum atomic E-state index is 12.5. The van der Waals surface area contributed by atoms with E-state index in [2.05, 4.69) is 0 Å². The van der Waals surface area contributed by atoms with Gasteiger partial charge in [-0.2, -0.15) is 0 Å². The molecule has 5 heteroatoms. The van der Waals surface area contributed by atoms with Crippen LogP contribution in [0.4, 0.5) is 11.4 Å². The molecule has 0 atom stereocenters. The van der Waals surface area contributed by atoms with Crippen molar-refractivity contribution in [3.63, 3.8) is 0 Å². The Morgan fingerprint density at radius 3 is 2.05 bits per heavy atom. The van der Waals surface area contributed by atoms with Crippen LogP contribution in [0.1, 0.15) is 20.7 Å². The van der Waals surface area contributed by atoms with E-state index in [0.29, 0.717) is 22.6 Å². The summed E-state index contributed by atoms with van der Waals surface area (Å²) in [5.41, 5.74) is 2.23. The Balaban J connectivity index is 2.10. The van der Waals surface area contributed by atoms with Gasteiger partial charge >= 0.3 is 0 Å². The largest absolute Gasteiger partial charge is 0.494 e. The number of amides is 2. The first-order chi connectivity index (χ1) is 10.5. The van der Waals surface area contributed by atoms with Gasteiger partial charge in [-0.3, -0.25) is 9.59 Å². The summed E-state index contributed by atoms with van der Waals surface area (Å²) < 4.78 is 5.37. The molecule has 22 heavy (non-hydrogen) atoms. The molecule has 2 amide bonds. The number of carbonyl (C=O) groups excluding carboxylic acids is 2. The highest BCUT2D eigenvalue weighted by atomic mass is 16.5. The Morgan fingerprint density at radius 2 is 1.55 bits per heavy atom. The average molecular weight is 296 g/mol. The molecule has 1 heterocycles. The molecule has 0 bridgehead atoms. The van der Waals surface area contributed by atoms with E-state index in [1.54, 1.807) is 36.4 Å². The van der Waals surface area contributed by atoms with Crippen LogP contribution in [0.15, 0.2) is 42.5 Å². The molecule has 5 nitrogen and oxygen atoms in total. The molecule has 0 unspecified atom stereocenters. The number of rotatable bonds is 3. The number of anilines is 2. The number of hydrogen-bond acceptors (Lipinski definition) is 4. The molecular formula is C17H16N2O3. The first-order valence-electron chi connectivity index (χ1n) is 6.87. The molecule has 2 aromatic rings. The molecule has 0 aromatic heterocycles. The quantitative estimate of drug-likeness (QED) is 0.817. The van der Waals surface area contributed by atoms with Gasteiger partial charge in [0.05, 0.1) is 23.9 Å². The van der Waals surface area contributed by atoms with Gasteiger partial charge in [-0.05, 0) is 24.3 Å². The van der Waals surface area contributed by atoms with Gasteiger partial charge in [-0.15, -0.1) is 0 Å². The molecule has 0 spiro atoms. The van der Waals surface area contributed by atoms with Crippen LogP contribution in [0.5, 0.6) is 5.75 Å². The average Bonchev–Trinajstić information content (AvgIpc) is 2.78. The first kappa shape index (κ1) is 14.1. The van der Waals surface area contributed by atoms with Crippen LogP contribution in [0, 0.1) is 0 Å². The summed E-state index contributed by atoms with van der Waals surface area (Å²) in [7, 11) is 5.35. The lowest BCUT2D eigenvalue weighted by atomic mass is 10.1. The molecule has 0 saturated carbocycles. The zero-order valence-corrected chi connectivity index (χ0v) is 12.7. The van der Waals surface area contributed by atoms with Crippen molar-refractivity contribution in [1.82, 2.24) is 0 Å². The molecule has 0 fully saturated rings. The highest BCUT2D eigenvalue weighted by Crippen LogP contribution is 2.36. The Morgan fingerprint density at radius 1 is 0.955 bits per heavy atom. The lowest BCUT2D eigenvalue weighted by molar-refractivity contribution is 0.0925. The summed E-state index contributed by atoms with van der Waals surface area (Å²) in [5, 5.41) is 0. The van der Waals surface area contributed by atoms with Crippen LogP contribution in [0.25, 0.3) is 0 Å². The number of nitrogens with zero attached hydrogens (tertiary/aromatic N) is 2. The van der Waals surface area contributed by atoms with Crippen LogP contribution in [0.3, 0.4) is 0 Å². The Labute approximate surface area is 128 Å². The third-order valence-corrected chi connectivity index (χ3v) is 3.71. The predicted octanol–water partition coefficient (Wildman–Crippen LogP) is 2.56. The third kappa shape index (κ3) is 2.02. The second-order valence-corrected chi connectivity index (χ2v) is 5.24. The van der Waals surface area contributed by atoms with Crippen LogP contribution < -0.4 is 14.5 Å². The molecule has 0 aliphatic carbocycles. The summed E-state index contributed by atoms with van der Waals surface area (Å²) >= 11 is 0. The van der Waals surface area contributed by atoms with Gasteiger partial charge in [0.25, 0.3) is 11.8 Å². The molecular weight excluding hydrogens is 280 g/mol. The number of methoxy groups -OCH3 is 1. The minimum atomic E-state index is -0.323. The lowest BCUT2D eigenvalue weighted by Crippen LogP contribution is -2.29. The van der Waals surface area contributed by atoms with Gasteiger partial charge in [-0.25, -0.2) is 4.90 Å². The van der Waals surface area contributed by atoms with E-state index in [1.165, 1.54) is 12.0 Å². The summed E-state index contributed by atoms with van der Waals surface area (Å²) in [5.74, 6) is -0.159. The van der Waals surface area contributed by atoms with E-state index in [0.717, 1.165) is 5.69 Å². The number of fused-ring (bicyclic) bond motifs is 1. The smallest absolute Gasteiger partial charge is 0.266 e. The summed E-state index contributed by atoms with van der Waals surface area (Å²) in [6.45, 7) is 0. The van der Waals surface area contributed by atoms with Crippen LogP contribution in [-0.4, -0.2) is 33.0 Å². The first-order valence-corrected chi connectivity index (χ1v) is 6.87. The Kier molecular flexibility index (Phi) is 3.33. The van der Waals surface area contributed by atoms with Crippen molar-refractivity contribution in [2.45, 2.75) is 0 Å². The van der Waals surface area contributed by atoms with Gasteiger partial charge in [0.15, 0.2) is 0 Å². The Hall–Kier alpha value is -2.82. The van der Waals surface area contributed by atoms with Crippen molar-refractivity contribution in [2.24, 2.45) is 0 Å². The van der Waals surface area contributed by atoms with Gasteiger partial charge in [0.1, 0.15) is 5.75 Å². The van der Waals surface area contributed by atoms with Crippen molar-refractivity contribution in [1.29, 1.82) is 0 Å². The van der Waals surface area contributed by atoms with Crippen molar-refractivity contribution in [3.8, 4) is 5.75 Å². The SMILES string of the molecule is COc1cc(N(C)C)ccc1N1C(=O)c2ccccc2C1=O. The van der Waals surface area contributed by atoms with Crippen LogP contribution in [-0.2, 0) is 0 Å². The molecule has 3 rings (SSSR count). The molecule has 2 aromatic carbocycles. The van der Waals surface area contributed by atoms with E-state index < -0.39 is 0 Å². The maximum absolute atomic E-state index is 12.5. The fourth-order valence-electron chi connectivity index (χ4n) is 2.54. The summed E-state index contributed by atoms with van der Waals surface area (Å²) in [6.07, 6.45) is 0. The minimum Gasteiger partial charge on any atom is -0.494 e. The normalized spacial score (nSPS) is 13.3. The summed E-state index contributed by atoms with van der Waals surface area (Å²) in [6, 6.07) is 12.2. The zero-order valence-electron chi connectivity index (χ0n) is 12.7. The molecule has 0 N–H and O–H groups in total. The van der Waals surface area contributed by atoms with Crippen molar-refractivity contribution in [2.75, 3.05) is 31.0 Å². The number of imide groups is 1. The molecule has 1 aliphatic rings. The molecule has 112 valence electrons. The monoisotopic (exact) mass is 296 g/mol. The second kappa shape index (κ2) is 5.18. The fraction of sp³-hybridized carbons (Fsp3) is 0.176. The van der Waals surface area contributed by atoms with Gasteiger partial charge in [0, 0.05) is 25.8 Å². The fourth-order valence-corrected chi connectivity index (χ4v) is 2.54. The zero-order chi connectivity index (χ0) is 15.9. The van der Waals surface area contributed by atoms with Crippen LogP contribution in [0.2, 0.25) is 0 Å². The third-order valence-electron chi connectivity index (χ3n) is 3.71. The van der Waals surface area contributed by atoms with Gasteiger partial charge in [-0.1, -0.05) is 12.1 Å².